The maximum Gasteiger partial charge on any atom is 0.144 e. The van der Waals surface area contributed by atoms with Crippen molar-refractivity contribution in [3.05, 3.63) is 41.0 Å². The molecule has 3 heterocycles. The van der Waals surface area contributed by atoms with Crippen LogP contribution >= 0.6 is 0 Å². The van der Waals surface area contributed by atoms with Crippen molar-refractivity contribution in [2.45, 2.75) is 39.0 Å². The van der Waals surface area contributed by atoms with E-state index in [1.54, 1.807) is 0 Å². The fourth-order valence-electron chi connectivity index (χ4n) is 4.50. The summed E-state index contributed by atoms with van der Waals surface area (Å²) in [5.41, 5.74) is 4.22. The number of likely N-dealkylation sites (tertiary alicyclic amines) is 1. The molecule has 0 saturated carbocycles. The number of rotatable bonds is 0. The lowest BCUT2D eigenvalue weighted by Gasteiger charge is -2.28. The third-order valence-corrected chi connectivity index (χ3v) is 7.19. The molecular formula is C31H59N5O2S. The summed E-state index contributed by atoms with van der Waals surface area (Å²) in [6, 6.07) is 6.62. The van der Waals surface area contributed by atoms with E-state index in [-0.39, 0.29) is 0 Å². The number of aryl methyl sites for hydroxylation is 1. The van der Waals surface area contributed by atoms with Crippen LogP contribution in [0.25, 0.3) is 6.08 Å². The van der Waals surface area contributed by atoms with Gasteiger partial charge in [-0.3, -0.25) is 0 Å². The van der Waals surface area contributed by atoms with Gasteiger partial charge in [0.2, 0.25) is 0 Å². The minimum atomic E-state index is -2.67. The summed E-state index contributed by atoms with van der Waals surface area (Å²) in [6.07, 6.45) is 13.5. The van der Waals surface area contributed by atoms with Crippen LogP contribution in [-0.2, 0) is 16.3 Å². The second-order valence-corrected chi connectivity index (χ2v) is 14.2. The Bertz CT molecular complexity index is 880. The molecule has 0 amide bonds. The topological polar surface area (TPSA) is 50.3 Å². The molecule has 0 atom stereocenters. The number of sulfone groups is 1. The minimum Gasteiger partial charge on any atom is -0.306 e. The van der Waals surface area contributed by atoms with Crippen molar-refractivity contribution in [3.8, 4) is 0 Å². The highest BCUT2D eigenvalue weighted by atomic mass is 32.2. The van der Waals surface area contributed by atoms with Crippen LogP contribution in [0.1, 0.15) is 42.4 Å². The number of fused-ring (bicyclic) bond motifs is 1. The third-order valence-electron chi connectivity index (χ3n) is 7.19. The van der Waals surface area contributed by atoms with Gasteiger partial charge in [-0.05, 0) is 105 Å². The molecule has 0 aromatic heterocycles. The lowest BCUT2D eigenvalue weighted by Crippen LogP contribution is -2.42. The zero-order valence-electron chi connectivity index (χ0n) is 26.5. The molecule has 39 heavy (non-hydrogen) atoms. The van der Waals surface area contributed by atoms with Crippen LogP contribution in [-0.4, -0.2) is 146 Å². The molecule has 1 aromatic rings. The van der Waals surface area contributed by atoms with Crippen LogP contribution in [0.4, 0.5) is 0 Å². The van der Waals surface area contributed by atoms with Crippen LogP contribution in [0.15, 0.2) is 24.3 Å². The first-order chi connectivity index (χ1) is 18.3. The van der Waals surface area contributed by atoms with Gasteiger partial charge in [0.15, 0.2) is 0 Å². The van der Waals surface area contributed by atoms with Crippen molar-refractivity contribution in [3.63, 3.8) is 0 Å². The highest BCUT2D eigenvalue weighted by Gasteiger charge is 2.08. The maximum absolute atomic E-state index is 9.63. The maximum atomic E-state index is 9.63. The summed E-state index contributed by atoms with van der Waals surface area (Å²) < 4.78 is 19.3. The summed E-state index contributed by atoms with van der Waals surface area (Å²) in [4.78, 5) is 11.9. The summed E-state index contributed by atoms with van der Waals surface area (Å²) >= 11 is 0. The highest BCUT2D eigenvalue weighted by molar-refractivity contribution is 7.89. The first-order valence-electron chi connectivity index (χ1n) is 14.7. The summed E-state index contributed by atoms with van der Waals surface area (Å²) in [6.45, 7) is 14.7. The number of likely N-dealkylation sites (N-methyl/N-ethyl adjacent to an activating group) is 4. The van der Waals surface area contributed by atoms with E-state index in [4.69, 9.17) is 0 Å². The van der Waals surface area contributed by atoms with Crippen LogP contribution in [0.5, 0.6) is 0 Å². The molecular weight excluding hydrogens is 506 g/mol. The summed E-state index contributed by atoms with van der Waals surface area (Å²) in [7, 11) is 8.26. The van der Waals surface area contributed by atoms with E-state index in [0.717, 1.165) is 18.9 Å². The Morgan fingerprint density at radius 1 is 0.590 bits per heavy atom. The zero-order chi connectivity index (χ0) is 29.3. The van der Waals surface area contributed by atoms with Crippen LogP contribution in [0.2, 0.25) is 0 Å². The smallest absolute Gasteiger partial charge is 0.144 e. The predicted octanol–water partition coefficient (Wildman–Crippen LogP) is 3.44. The molecule has 7 nitrogen and oxygen atoms in total. The van der Waals surface area contributed by atoms with Gasteiger partial charge in [-0.2, -0.15) is 0 Å². The van der Waals surface area contributed by atoms with Crippen LogP contribution < -0.4 is 0 Å². The van der Waals surface area contributed by atoms with E-state index in [0.29, 0.717) is 0 Å². The number of nitrogens with zero attached hydrogens (tertiary/aromatic N) is 5. The molecule has 0 bridgehead atoms. The molecule has 3 saturated heterocycles. The normalized spacial score (nSPS) is 20.9. The Balaban J connectivity index is 0.000000248. The first kappa shape index (κ1) is 35.7. The summed E-state index contributed by atoms with van der Waals surface area (Å²) in [5, 5.41) is 0. The van der Waals surface area contributed by atoms with Crippen molar-refractivity contribution < 1.29 is 8.42 Å². The quantitative estimate of drug-likeness (QED) is 0.478. The van der Waals surface area contributed by atoms with Gasteiger partial charge < -0.3 is 24.5 Å². The molecule has 0 radical (unpaired) electrons. The average Bonchev–Trinajstić information content (AvgIpc) is 3.24. The number of allylic oxidation sites excluding steroid dienone is 1. The van der Waals surface area contributed by atoms with Crippen molar-refractivity contribution in [2.75, 3.05) is 113 Å². The fraction of sp³-hybridized carbons (Fsp3) is 0.742. The summed E-state index contributed by atoms with van der Waals surface area (Å²) in [5.74, 6) is 0. The predicted molar refractivity (Wildman–Crippen MR) is 171 cm³/mol. The largest absolute Gasteiger partial charge is 0.306 e. The molecule has 0 unspecified atom stereocenters. The van der Waals surface area contributed by atoms with Crippen LogP contribution in [0.3, 0.4) is 0 Å². The number of hydrogen-bond acceptors (Lipinski definition) is 7. The fourth-order valence-corrected chi connectivity index (χ4v) is 4.50. The molecule has 1 aromatic carbocycles. The second-order valence-electron chi connectivity index (χ2n) is 11.9. The SMILES string of the molecule is CN1CCCCC1.CN1CCCN(C)CC1.CN1CCN(C)CC1.CS(C)(=O)=O.Cc1ccc2c(c1)C=CC2. The van der Waals surface area contributed by atoms with Gasteiger partial charge in [-0.1, -0.05) is 42.3 Å². The minimum absolute atomic E-state index is 1.12. The molecule has 4 aliphatic rings. The molecule has 1 aliphatic carbocycles. The molecule has 5 rings (SSSR count). The standard InChI is InChI=1S/C10H10.C7H16N2.C6H14N2.C6H13N.C2H6O2S/c1-8-5-6-9-3-2-4-10(9)7-8;1-8-4-3-5-9(2)7-6-8;1-7-3-5-8(2)6-4-7;1-7-5-3-2-4-6-7;1-5(2,3)4/h2,4-7H,3H2,1H3;3-7H2,1-2H3;3-6H2,1-2H3;2-6H2,1H3;1-2H3. The Morgan fingerprint density at radius 3 is 1.38 bits per heavy atom. The van der Waals surface area contributed by atoms with Crippen molar-refractivity contribution in [2.24, 2.45) is 0 Å². The molecule has 0 N–H and O–H groups in total. The lowest BCUT2D eigenvalue weighted by molar-refractivity contribution is 0.181. The first-order valence-corrected chi connectivity index (χ1v) is 17.0. The second kappa shape index (κ2) is 19.7. The van der Waals surface area contributed by atoms with Gasteiger partial charge in [0.25, 0.3) is 0 Å². The monoisotopic (exact) mass is 565 g/mol. The molecule has 3 fully saturated rings. The average molecular weight is 566 g/mol. The van der Waals surface area contributed by atoms with Gasteiger partial charge >= 0.3 is 0 Å². The van der Waals surface area contributed by atoms with E-state index < -0.39 is 9.84 Å². The van der Waals surface area contributed by atoms with E-state index in [9.17, 15) is 8.42 Å². The van der Waals surface area contributed by atoms with Crippen LogP contribution in [0, 0.1) is 6.92 Å². The highest BCUT2D eigenvalue weighted by Crippen LogP contribution is 2.19. The van der Waals surface area contributed by atoms with Gasteiger partial charge in [0.05, 0.1) is 0 Å². The van der Waals surface area contributed by atoms with Crippen molar-refractivity contribution in [1.29, 1.82) is 0 Å². The van der Waals surface area contributed by atoms with E-state index in [2.05, 4.69) is 97.0 Å². The Hall–Kier alpha value is -1.29. The molecule has 226 valence electrons. The molecule has 3 aliphatic heterocycles. The third kappa shape index (κ3) is 20.3. The van der Waals surface area contributed by atoms with Crippen molar-refractivity contribution >= 4 is 15.9 Å². The van der Waals surface area contributed by atoms with E-state index in [1.165, 1.54) is 108 Å². The zero-order valence-corrected chi connectivity index (χ0v) is 27.3. The molecule has 0 spiro atoms. The molecule has 8 heteroatoms. The number of hydrogen-bond donors (Lipinski definition) is 0. The number of benzene rings is 1. The number of piperidine rings is 1. The van der Waals surface area contributed by atoms with Gasteiger partial charge in [0.1, 0.15) is 9.84 Å². The Morgan fingerprint density at radius 2 is 0.974 bits per heavy atom. The number of piperazine rings is 1. The lowest BCUT2D eigenvalue weighted by atomic mass is 10.1. The Labute approximate surface area is 241 Å². The Kier molecular flexibility index (Phi) is 18.1. The van der Waals surface area contributed by atoms with Gasteiger partial charge in [-0.15, -0.1) is 0 Å². The van der Waals surface area contributed by atoms with Gasteiger partial charge in [-0.25, -0.2) is 8.42 Å². The van der Waals surface area contributed by atoms with Gasteiger partial charge in [0, 0.05) is 51.8 Å². The van der Waals surface area contributed by atoms with Crippen molar-refractivity contribution in [1.82, 2.24) is 24.5 Å². The van der Waals surface area contributed by atoms with E-state index >= 15 is 0 Å². The van der Waals surface area contributed by atoms with E-state index in [1.807, 2.05) is 0 Å².